The fourth-order valence-electron chi connectivity index (χ4n) is 1.15. The molecule has 5 nitrogen and oxygen atoms in total. The van der Waals surface area contributed by atoms with Gasteiger partial charge in [0.15, 0.2) is 0 Å². The predicted octanol–water partition coefficient (Wildman–Crippen LogP) is 0.507. The highest BCUT2D eigenvalue weighted by Gasteiger charge is 2.18. The van der Waals surface area contributed by atoms with E-state index >= 15 is 0 Å². The maximum absolute atomic E-state index is 11.4. The summed E-state index contributed by atoms with van der Waals surface area (Å²) in [6.07, 6.45) is 2.68. The molecule has 92 valence electrons. The zero-order valence-electron chi connectivity index (χ0n) is 9.61. The minimum Gasteiger partial charge on any atom is -0.480 e. The van der Waals surface area contributed by atoms with Crippen molar-refractivity contribution in [3.05, 3.63) is 12.7 Å². The van der Waals surface area contributed by atoms with Crippen molar-refractivity contribution in [2.45, 2.75) is 32.2 Å². The average molecular weight is 228 g/mol. The van der Waals surface area contributed by atoms with E-state index in [9.17, 15) is 9.59 Å². The lowest BCUT2D eigenvalue weighted by Crippen LogP contribution is -2.40. The van der Waals surface area contributed by atoms with Crippen LogP contribution in [0.5, 0.6) is 0 Å². The molecule has 4 N–H and O–H groups in total. The summed E-state index contributed by atoms with van der Waals surface area (Å²) in [5, 5.41) is 11.2. The van der Waals surface area contributed by atoms with Gasteiger partial charge in [-0.2, -0.15) is 0 Å². The molecule has 0 aromatic heterocycles. The molecule has 0 heterocycles. The molecule has 0 aliphatic rings. The van der Waals surface area contributed by atoms with E-state index in [0.717, 1.165) is 0 Å². The van der Waals surface area contributed by atoms with Crippen LogP contribution < -0.4 is 11.1 Å². The third kappa shape index (κ3) is 6.19. The average Bonchev–Trinajstić information content (AvgIpc) is 2.25. The molecular formula is C11H20N2O3. The number of nitrogens with one attached hydrogen (secondary N) is 1. The van der Waals surface area contributed by atoms with Crippen LogP contribution in [0.25, 0.3) is 0 Å². The summed E-state index contributed by atoms with van der Waals surface area (Å²) in [5.41, 5.74) is 5.42. The van der Waals surface area contributed by atoms with Crippen molar-refractivity contribution < 1.29 is 14.7 Å². The van der Waals surface area contributed by atoms with Gasteiger partial charge in [0, 0.05) is 6.42 Å². The molecule has 2 atom stereocenters. The van der Waals surface area contributed by atoms with E-state index in [2.05, 4.69) is 11.9 Å². The summed E-state index contributed by atoms with van der Waals surface area (Å²) < 4.78 is 0. The number of carboxylic acid groups (broad SMARTS) is 1. The quantitative estimate of drug-likeness (QED) is 0.528. The molecule has 0 fully saturated rings. The fraction of sp³-hybridized carbons (Fsp3) is 0.636. The molecule has 0 aromatic carbocycles. The van der Waals surface area contributed by atoms with Gasteiger partial charge in [-0.15, -0.1) is 6.58 Å². The largest absolute Gasteiger partial charge is 0.480 e. The van der Waals surface area contributed by atoms with Crippen LogP contribution in [0.1, 0.15) is 26.2 Å². The first-order valence-corrected chi connectivity index (χ1v) is 5.34. The van der Waals surface area contributed by atoms with Gasteiger partial charge in [-0.25, -0.2) is 4.79 Å². The topological polar surface area (TPSA) is 92.4 Å². The lowest BCUT2D eigenvalue weighted by molar-refractivity contribution is -0.141. The smallest absolute Gasteiger partial charge is 0.326 e. The number of carboxylic acids is 1. The monoisotopic (exact) mass is 228 g/mol. The molecule has 0 saturated heterocycles. The summed E-state index contributed by atoms with van der Waals surface area (Å²) in [5.74, 6) is -1.02. The Balaban J connectivity index is 4.00. The summed E-state index contributed by atoms with van der Waals surface area (Å²) in [4.78, 5) is 22.1. The lowest BCUT2D eigenvalue weighted by atomic mass is 10.1. The maximum Gasteiger partial charge on any atom is 0.326 e. The Labute approximate surface area is 95.7 Å². The van der Waals surface area contributed by atoms with Crippen LogP contribution >= 0.6 is 0 Å². The second kappa shape index (κ2) is 7.87. The zero-order valence-corrected chi connectivity index (χ0v) is 9.61. The second-order valence-corrected chi connectivity index (χ2v) is 3.86. The van der Waals surface area contributed by atoms with E-state index in [1.54, 1.807) is 0 Å². The molecular weight excluding hydrogens is 208 g/mol. The van der Waals surface area contributed by atoms with Gasteiger partial charge < -0.3 is 16.2 Å². The van der Waals surface area contributed by atoms with E-state index in [-0.39, 0.29) is 18.2 Å². The molecule has 0 spiro atoms. The molecule has 5 heteroatoms. The van der Waals surface area contributed by atoms with Crippen LogP contribution in [0.4, 0.5) is 0 Å². The van der Waals surface area contributed by atoms with Crippen LogP contribution in [0.2, 0.25) is 0 Å². The normalized spacial score (nSPS) is 13.9. The Morgan fingerprint density at radius 1 is 1.56 bits per heavy atom. The van der Waals surface area contributed by atoms with E-state index in [1.165, 1.54) is 6.08 Å². The standard InChI is InChI=1S/C11H20N2O3/c1-3-4-9(11(15)16)13-10(14)6-5-8(2)7-12/h3,8-9H,1,4-7,12H2,2H3,(H,13,14)(H,15,16). The molecule has 2 unspecified atom stereocenters. The minimum absolute atomic E-state index is 0.230. The van der Waals surface area contributed by atoms with E-state index in [1.807, 2.05) is 6.92 Å². The molecule has 0 aliphatic heterocycles. The van der Waals surface area contributed by atoms with Crippen molar-refractivity contribution in [2.75, 3.05) is 6.54 Å². The molecule has 0 rings (SSSR count). The first-order chi connectivity index (χ1) is 7.51. The number of rotatable bonds is 8. The van der Waals surface area contributed by atoms with Gasteiger partial charge in [0.1, 0.15) is 6.04 Å². The van der Waals surface area contributed by atoms with Crippen LogP contribution in [0.15, 0.2) is 12.7 Å². The Kier molecular flexibility index (Phi) is 7.20. The molecule has 0 radical (unpaired) electrons. The summed E-state index contributed by atoms with van der Waals surface area (Å²) in [6, 6.07) is -0.877. The van der Waals surface area contributed by atoms with E-state index in [4.69, 9.17) is 10.8 Å². The van der Waals surface area contributed by atoms with Crippen molar-refractivity contribution in [3.63, 3.8) is 0 Å². The Bertz CT molecular complexity index is 254. The Hall–Kier alpha value is -1.36. The summed E-state index contributed by atoms with van der Waals surface area (Å²) >= 11 is 0. The number of carbonyl (C=O) groups excluding carboxylic acids is 1. The first-order valence-electron chi connectivity index (χ1n) is 5.34. The van der Waals surface area contributed by atoms with Gasteiger partial charge in [-0.05, 0) is 25.3 Å². The van der Waals surface area contributed by atoms with Gasteiger partial charge in [0.05, 0.1) is 0 Å². The number of aliphatic carboxylic acids is 1. The highest BCUT2D eigenvalue weighted by molar-refractivity contribution is 5.83. The fourth-order valence-corrected chi connectivity index (χ4v) is 1.15. The number of hydrogen-bond donors (Lipinski definition) is 3. The molecule has 16 heavy (non-hydrogen) atoms. The van der Waals surface area contributed by atoms with Gasteiger partial charge in [0.2, 0.25) is 5.91 Å². The van der Waals surface area contributed by atoms with Gasteiger partial charge >= 0.3 is 5.97 Å². The number of nitrogens with two attached hydrogens (primary N) is 1. The molecule has 1 amide bonds. The maximum atomic E-state index is 11.4. The van der Waals surface area contributed by atoms with Gasteiger partial charge in [-0.1, -0.05) is 13.0 Å². The minimum atomic E-state index is -1.04. The zero-order chi connectivity index (χ0) is 12.6. The van der Waals surface area contributed by atoms with Gasteiger partial charge in [-0.3, -0.25) is 4.79 Å². The molecule has 0 bridgehead atoms. The number of hydrogen-bond acceptors (Lipinski definition) is 3. The molecule has 0 aromatic rings. The highest BCUT2D eigenvalue weighted by atomic mass is 16.4. The van der Waals surface area contributed by atoms with E-state index < -0.39 is 12.0 Å². The SMILES string of the molecule is C=CCC(NC(=O)CCC(C)CN)C(=O)O. The molecule has 0 saturated carbocycles. The van der Waals surface area contributed by atoms with Crippen LogP contribution in [0, 0.1) is 5.92 Å². The van der Waals surface area contributed by atoms with Crippen molar-refractivity contribution in [3.8, 4) is 0 Å². The lowest BCUT2D eigenvalue weighted by Gasteiger charge is -2.13. The van der Waals surface area contributed by atoms with E-state index in [0.29, 0.717) is 19.4 Å². The Morgan fingerprint density at radius 2 is 2.19 bits per heavy atom. The Morgan fingerprint density at radius 3 is 2.62 bits per heavy atom. The van der Waals surface area contributed by atoms with Crippen molar-refractivity contribution in [1.29, 1.82) is 0 Å². The third-order valence-electron chi connectivity index (χ3n) is 2.30. The van der Waals surface area contributed by atoms with Crippen molar-refractivity contribution >= 4 is 11.9 Å². The van der Waals surface area contributed by atoms with Gasteiger partial charge in [0.25, 0.3) is 0 Å². The van der Waals surface area contributed by atoms with Crippen LogP contribution in [-0.4, -0.2) is 29.6 Å². The summed E-state index contributed by atoms with van der Waals surface area (Å²) in [6.45, 7) is 5.93. The van der Waals surface area contributed by atoms with Crippen molar-refractivity contribution in [2.24, 2.45) is 11.7 Å². The van der Waals surface area contributed by atoms with Crippen LogP contribution in [0.3, 0.4) is 0 Å². The third-order valence-corrected chi connectivity index (χ3v) is 2.30. The number of amides is 1. The molecule has 0 aliphatic carbocycles. The predicted molar refractivity (Wildman–Crippen MR) is 61.8 cm³/mol. The number of carbonyl (C=O) groups is 2. The summed E-state index contributed by atoms with van der Waals surface area (Å²) in [7, 11) is 0. The van der Waals surface area contributed by atoms with Crippen molar-refractivity contribution in [1.82, 2.24) is 5.32 Å². The highest BCUT2D eigenvalue weighted by Crippen LogP contribution is 2.03. The second-order valence-electron chi connectivity index (χ2n) is 3.86. The van der Waals surface area contributed by atoms with Crippen LogP contribution in [-0.2, 0) is 9.59 Å². The first kappa shape index (κ1) is 14.6.